The number of piperidine rings is 1. The molecule has 1 aromatic carbocycles. The Morgan fingerprint density at radius 2 is 1.89 bits per heavy atom. The highest BCUT2D eigenvalue weighted by molar-refractivity contribution is 5.46. The van der Waals surface area contributed by atoms with Crippen LogP contribution in [0.5, 0.6) is 0 Å². The van der Waals surface area contributed by atoms with Crippen molar-refractivity contribution >= 4 is 5.69 Å². The summed E-state index contributed by atoms with van der Waals surface area (Å²) in [5, 5.41) is 13.5. The van der Waals surface area contributed by atoms with Gasteiger partial charge < -0.3 is 15.3 Å². The van der Waals surface area contributed by atoms with Crippen LogP contribution in [-0.2, 0) is 0 Å². The van der Waals surface area contributed by atoms with Gasteiger partial charge in [-0.3, -0.25) is 0 Å². The maximum absolute atomic E-state index is 10.0. The van der Waals surface area contributed by atoms with Crippen LogP contribution < -0.4 is 10.2 Å². The van der Waals surface area contributed by atoms with Gasteiger partial charge in [-0.15, -0.1) is 0 Å². The zero-order valence-corrected chi connectivity index (χ0v) is 12.1. The fraction of sp³-hybridized carbons (Fsp3) is 0.625. The van der Waals surface area contributed by atoms with Crippen LogP contribution in [0.15, 0.2) is 30.3 Å². The molecule has 2 N–H and O–H groups in total. The second kappa shape index (κ2) is 6.40. The van der Waals surface area contributed by atoms with Crippen molar-refractivity contribution in [3.05, 3.63) is 30.3 Å². The molecule has 0 spiro atoms. The Bertz CT molecular complexity index is 370. The van der Waals surface area contributed by atoms with E-state index >= 15 is 0 Å². The van der Waals surface area contributed by atoms with Gasteiger partial charge >= 0.3 is 0 Å². The zero-order chi connectivity index (χ0) is 13.7. The average molecular weight is 262 g/mol. The summed E-state index contributed by atoms with van der Waals surface area (Å²) in [6.07, 6.45) is 3.09. The third kappa shape index (κ3) is 4.22. The number of rotatable bonds is 5. The van der Waals surface area contributed by atoms with E-state index < -0.39 is 5.60 Å². The van der Waals surface area contributed by atoms with E-state index in [9.17, 15) is 5.11 Å². The Morgan fingerprint density at radius 1 is 1.26 bits per heavy atom. The minimum atomic E-state index is -0.573. The van der Waals surface area contributed by atoms with Crippen LogP contribution in [0.4, 0.5) is 5.69 Å². The molecular formula is C16H26N2O. The monoisotopic (exact) mass is 262 g/mol. The van der Waals surface area contributed by atoms with Gasteiger partial charge in [0.25, 0.3) is 0 Å². The number of hydrogen-bond acceptors (Lipinski definition) is 3. The summed E-state index contributed by atoms with van der Waals surface area (Å²) in [7, 11) is 0. The summed E-state index contributed by atoms with van der Waals surface area (Å²) in [5.74, 6) is 0. The molecule has 1 aromatic rings. The first-order chi connectivity index (χ1) is 9.11. The molecular weight excluding hydrogens is 236 g/mol. The quantitative estimate of drug-likeness (QED) is 0.855. The molecule has 1 saturated heterocycles. The normalized spacial score (nSPS) is 20.3. The molecule has 0 aromatic heterocycles. The van der Waals surface area contributed by atoms with Crippen LogP contribution in [-0.4, -0.2) is 36.4 Å². The highest BCUT2D eigenvalue weighted by Crippen LogP contribution is 2.19. The maximum Gasteiger partial charge on any atom is 0.0741 e. The van der Waals surface area contributed by atoms with E-state index in [0.29, 0.717) is 12.6 Å². The molecule has 0 aliphatic carbocycles. The smallest absolute Gasteiger partial charge is 0.0741 e. The lowest BCUT2D eigenvalue weighted by Crippen LogP contribution is -2.47. The molecule has 0 bridgehead atoms. The Labute approximate surface area is 116 Å². The minimum absolute atomic E-state index is 0.540. The molecule has 1 heterocycles. The highest BCUT2D eigenvalue weighted by atomic mass is 16.3. The molecule has 0 unspecified atom stereocenters. The number of para-hydroxylation sites is 1. The van der Waals surface area contributed by atoms with Crippen molar-refractivity contribution in [3.8, 4) is 0 Å². The third-order valence-corrected chi connectivity index (χ3v) is 4.15. The fourth-order valence-electron chi connectivity index (χ4n) is 2.47. The van der Waals surface area contributed by atoms with E-state index in [1.165, 1.54) is 5.69 Å². The van der Waals surface area contributed by atoms with E-state index in [0.717, 1.165) is 32.4 Å². The van der Waals surface area contributed by atoms with Crippen LogP contribution in [0.3, 0.4) is 0 Å². The summed E-state index contributed by atoms with van der Waals surface area (Å²) in [4.78, 5) is 2.44. The molecule has 1 aliphatic rings. The van der Waals surface area contributed by atoms with Crippen molar-refractivity contribution in [1.82, 2.24) is 5.32 Å². The lowest BCUT2D eigenvalue weighted by Gasteiger charge is -2.35. The number of nitrogens with one attached hydrogen (secondary N) is 1. The lowest BCUT2D eigenvalue weighted by molar-refractivity contribution is 0.0519. The summed E-state index contributed by atoms with van der Waals surface area (Å²) in [5.41, 5.74) is 0.748. The van der Waals surface area contributed by atoms with Crippen molar-refractivity contribution in [3.63, 3.8) is 0 Å². The largest absolute Gasteiger partial charge is 0.389 e. The van der Waals surface area contributed by atoms with Crippen LogP contribution in [0.25, 0.3) is 0 Å². The fourth-order valence-corrected chi connectivity index (χ4v) is 2.47. The van der Waals surface area contributed by atoms with Crippen molar-refractivity contribution < 1.29 is 5.11 Å². The van der Waals surface area contributed by atoms with Gasteiger partial charge in [-0.25, -0.2) is 0 Å². The number of anilines is 1. The van der Waals surface area contributed by atoms with E-state index in [1.807, 2.05) is 13.8 Å². The van der Waals surface area contributed by atoms with Gasteiger partial charge in [0.15, 0.2) is 0 Å². The molecule has 1 fully saturated rings. The molecule has 106 valence electrons. The number of nitrogens with zero attached hydrogens (tertiary/aromatic N) is 1. The number of benzene rings is 1. The Morgan fingerprint density at radius 3 is 2.47 bits per heavy atom. The minimum Gasteiger partial charge on any atom is -0.389 e. The topological polar surface area (TPSA) is 35.5 Å². The molecule has 0 saturated carbocycles. The average Bonchev–Trinajstić information content (AvgIpc) is 2.47. The summed E-state index contributed by atoms with van der Waals surface area (Å²) in [6.45, 7) is 6.81. The van der Waals surface area contributed by atoms with Crippen molar-refractivity contribution in [2.24, 2.45) is 0 Å². The van der Waals surface area contributed by atoms with Crippen molar-refractivity contribution in [2.75, 3.05) is 24.5 Å². The maximum atomic E-state index is 10.0. The summed E-state index contributed by atoms with van der Waals surface area (Å²) in [6, 6.07) is 11.1. The van der Waals surface area contributed by atoms with E-state index in [2.05, 4.69) is 40.5 Å². The predicted molar refractivity (Wildman–Crippen MR) is 80.6 cm³/mol. The zero-order valence-electron chi connectivity index (χ0n) is 12.1. The first-order valence-electron chi connectivity index (χ1n) is 7.36. The van der Waals surface area contributed by atoms with Crippen molar-refractivity contribution in [2.45, 2.75) is 44.8 Å². The predicted octanol–water partition coefficient (Wildman–Crippen LogP) is 2.41. The van der Waals surface area contributed by atoms with Gasteiger partial charge in [0.2, 0.25) is 0 Å². The highest BCUT2D eigenvalue weighted by Gasteiger charge is 2.22. The van der Waals surface area contributed by atoms with E-state index in [4.69, 9.17) is 0 Å². The van der Waals surface area contributed by atoms with Crippen LogP contribution in [0.2, 0.25) is 0 Å². The molecule has 0 amide bonds. The van der Waals surface area contributed by atoms with E-state index in [-0.39, 0.29) is 0 Å². The van der Waals surface area contributed by atoms with Gasteiger partial charge in [0, 0.05) is 31.4 Å². The van der Waals surface area contributed by atoms with Gasteiger partial charge in [-0.1, -0.05) is 25.1 Å². The summed E-state index contributed by atoms with van der Waals surface area (Å²) < 4.78 is 0. The number of hydrogen-bond donors (Lipinski definition) is 2. The number of aliphatic hydroxyl groups is 1. The second-order valence-electron chi connectivity index (χ2n) is 5.83. The van der Waals surface area contributed by atoms with Crippen molar-refractivity contribution in [1.29, 1.82) is 0 Å². The Kier molecular flexibility index (Phi) is 4.83. The van der Waals surface area contributed by atoms with E-state index in [1.54, 1.807) is 0 Å². The molecule has 1 aliphatic heterocycles. The molecule has 1 atom stereocenters. The molecule has 3 nitrogen and oxygen atoms in total. The third-order valence-electron chi connectivity index (χ3n) is 4.15. The van der Waals surface area contributed by atoms with Crippen LogP contribution in [0, 0.1) is 0 Å². The van der Waals surface area contributed by atoms with Gasteiger partial charge in [-0.2, -0.15) is 0 Å². The van der Waals surface area contributed by atoms with Gasteiger partial charge in [0.05, 0.1) is 5.60 Å². The molecule has 2 rings (SSSR count). The van der Waals surface area contributed by atoms with Gasteiger partial charge in [0.1, 0.15) is 0 Å². The Hall–Kier alpha value is -1.06. The van der Waals surface area contributed by atoms with Gasteiger partial charge in [-0.05, 0) is 38.3 Å². The van der Waals surface area contributed by atoms with Crippen LogP contribution >= 0.6 is 0 Å². The molecule has 3 heteroatoms. The molecule has 19 heavy (non-hydrogen) atoms. The second-order valence-corrected chi connectivity index (χ2v) is 5.83. The molecule has 0 radical (unpaired) electrons. The Balaban J connectivity index is 1.77. The SMILES string of the molecule is CC[C@](C)(O)CNC1CCN(c2ccccc2)CC1. The summed E-state index contributed by atoms with van der Waals surface area (Å²) >= 11 is 0. The first kappa shape index (κ1) is 14.4. The standard InChI is InChI=1S/C16H26N2O/c1-3-16(2,19)13-17-14-9-11-18(12-10-14)15-7-5-4-6-8-15/h4-8,14,17,19H,3,9-13H2,1-2H3/t16-/m0/s1. The van der Waals surface area contributed by atoms with Crippen LogP contribution in [0.1, 0.15) is 33.1 Å². The lowest BCUT2D eigenvalue weighted by atomic mass is 10.0. The first-order valence-corrected chi connectivity index (χ1v) is 7.36.